The van der Waals surface area contributed by atoms with Crippen molar-refractivity contribution in [2.24, 2.45) is 0 Å². The predicted molar refractivity (Wildman–Crippen MR) is 125 cm³/mol. The van der Waals surface area contributed by atoms with Crippen LogP contribution in [0.15, 0.2) is 48.5 Å². The molecule has 0 unspecified atom stereocenters. The number of aliphatic hydroxyl groups is 1. The van der Waals surface area contributed by atoms with Crippen LogP contribution in [0.4, 0.5) is 0 Å². The lowest BCUT2D eigenvalue weighted by molar-refractivity contribution is -0.187. The van der Waals surface area contributed by atoms with E-state index in [1.165, 1.54) is 0 Å². The molecule has 0 bridgehead atoms. The van der Waals surface area contributed by atoms with E-state index in [1.807, 2.05) is 62.4 Å². The summed E-state index contributed by atoms with van der Waals surface area (Å²) in [5.74, 6) is 1.56. The second-order valence-corrected chi connectivity index (χ2v) is 9.66. The van der Waals surface area contributed by atoms with Crippen LogP contribution in [0.5, 0.6) is 11.5 Å². The Morgan fingerprint density at radius 1 is 0.879 bits per heavy atom. The summed E-state index contributed by atoms with van der Waals surface area (Å²) in [5, 5.41) is 9.98. The van der Waals surface area contributed by atoms with Gasteiger partial charge in [-0.3, -0.25) is 0 Å². The molecular weight excluding hydrogens is 444 g/mol. The Balaban J connectivity index is 1.50. The van der Waals surface area contributed by atoms with Crippen molar-refractivity contribution in [1.82, 2.24) is 0 Å². The highest BCUT2D eigenvalue weighted by Crippen LogP contribution is 2.42. The van der Waals surface area contributed by atoms with Gasteiger partial charge in [0.1, 0.15) is 41.4 Å². The Labute approximate surface area is 199 Å². The molecule has 0 aromatic heterocycles. The smallest absolute Gasteiger partial charge is 0.164 e. The first-order chi connectivity index (χ1) is 15.9. The number of hydrogen-bond acceptors (Lipinski definition) is 8. The fourth-order valence-corrected chi connectivity index (χ4v) is 5.30. The lowest BCUT2D eigenvalue weighted by Gasteiger charge is -2.41. The van der Waals surface area contributed by atoms with Gasteiger partial charge in [0.25, 0.3) is 0 Å². The van der Waals surface area contributed by atoms with E-state index in [2.05, 4.69) is 0 Å². The highest BCUT2D eigenvalue weighted by atomic mass is 32.2. The molecule has 0 amide bonds. The van der Waals surface area contributed by atoms with Crippen molar-refractivity contribution in [3.05, 3.63) is 59.7 Å². The summed E-state index contributed by atoms with van der Waals surface area (Å²) in [7, 11) is 3.30. The Kier molecular flexibility index (Phi) is 7.83. The maximum Gasteiger partial charge on any atom is 0.164 e. The summed E-state index contributed by atoms with van der Waals surface area (Å²) < 4.78 is 35.5. The third kappa shape index (κ3) is 5.82. The largest absolute Gasteiger partial charge is 0.497 e. The van der Waals surface area contributed by atoms with E-state index < -0.39 is 18.0 Å². The lowest BCUT2D eigenvalue weighted by Crippen LogP contribution is -2.57. The number of rotatable bonds is 9. The number of fused-ring (bicyclic) bond motifs is 1. The molecule has 0 spiro atoms. The molecule has 2 fully saturated rings. The first-order valence-electron chi connectivity index (χ1n) is 11.0. The quantitative estimate of drug-likeness (QED) is 0.586. The predicted octanol–water partition coefficient (Wildman–Crippen LogP) is 3.76. The van der Waals surface area contributed by atoms with Crippen LogP contribution in [0.1, 0.15) is 25.0 Å². The van der Waals surface area contributed by atoms with E-state index >= 15 is 0 Å². The second kappa shape index (κ2) is 10.6. The van der Waals surface area contributed by atoms with Gasteiger partial charge in [-0.2, -0.15) is 0 Å². The first kappa shape index (κ1) is 24.3. The molecule has 2 aromatic rings. The van der Waals surface area contributed by atoms with Gasteiger partial charge in [0.05, 0.1) is 27.4 Å². The number of aliphatic hydroxyl groups excluding tert-OH is 1. The lowest BCUT2D eigenvalue weighted by atomic mass is 10.00. The van der Waals surface area contributed by atoms with E-state index in [-0.39, 0.29) is 24.3 Å². The van der Waals surface area contributed by atoms with Gasteiger partial charge < -0.3 is 33.5 Å². The second-order valence-electron chi connectivity index (χ2n) is 8.57. The Morgan fingerprint density at radius 2 is 1.45 bits per heavy atom. The number of thioether (sulfide) groups is 1. The summed E-state index contributed by atoms with van der Waals surface area (Å²) in [6.45, 7) is 4.00. The van der Waals surface area contributed by atoms with Crippen LogP contribution in [-0.4, -0.2) is 61.6 Å². The first-order valence-corrected chi connectivity index (χ1v) is 12.1. The van der Waals surface area contributed by atoms with Gasteiger partial charge in [-0.05, 0) is 49.2 Å². The molecule has 180 valence electrons. The molecule has 2 heterocycles. The minimum Gasteiger partial charge on any atom is -0.497 e. The van der Waals surface area contributed by atoms with Crippen molar-refractivity contribution in [3.8, 4) is 11.5 Å². The van der Waals surface area contributed by atoms with Crippen LogP contribution in [0, 0.1) is 0 Å². The van der Waals surface area contributed by atoms with Gasteiger partial charge in [0.2, 0.25) is 0 Å². The van der Waals surface area contributed by atoms with Gasteiger partial charge in [-0.1, -0.05) is 24.3 Å². The topological polar surface area (TPSA) is 75.6 Å². The molecule has 2 aromatic carbocycles. The molecule has 0 radical (unpaired) electrons. The zero-order valence-corrected chi connectivity index (χ0v) is 20.2. The minimum atomic E-state index is -0.774. The minimum absolute atomic E-state index is 0.147. The van der Waals surface area contributed by atoms with E-state index in [0.717, 1.165) is 28.4 Å². The monoisotopic (exact) mass is 476 g/mol. The number of benzene rings is 2. The van der Waals surface area contributed by atoms with Crippen LogP contribution in [0.3, 0.4) is 0 Å². The average Bonchev–Trinajstić information content (AvgIpc) is 3.16. The zero-order valence-electron chi connectivity index (χ0n) is 19.4. The maximum atomic E-state index is 9.98. The molecule has 4 rings (SSSR count). The molecular formula is C25H32O7S. The van der Waals surface area contributed by atoms with Gasteiger partial charge in [0, 0.05) is 5.75 Å². The van der Waals surface area contributed by atoms with Gasteiger partial charge in [-0.25, -0.2) is 0 Å². The summed E-state index contributed by atoms with van der Waals surface area (Å²) in [4.78, 5) is 0. The fourth-order valence-electron chi connectivity index (χ4n) is 4.11. The van der Waals surface area contributed by atoms with Gasteiger partial charge >= 0.3 is 0 Å². The molecule has 2 aliphatic rings. The van der Waals surface area contributed by atoms with E-state index in [9.17, 15) is 5.11 Å². The van der Waals surface area contributed by atoms with Gasteiger partial charge in [-0.15, -0.1) is 11.8 Å². The number of hydrogen-bond donors (Lipinski definition) is 1. The highest BCUT2D eigenvalue weighted by molar-refractivity contribution is 7.99. The number of methoxy groups -OCH3 is 2. The molecule has 5 atom stereocenters. The van der Waals surface area contributed by atoms with E-state index in [1.54, 1.807) is 26.0 Å². The normalized spacial score (nSPS) is 28.3. The molecule has 0 saturated carbocycles. The Hall–Kier alpha value is -1.81. The van der Waals surface area contributed by atoms with Crippen molar-refractivity contribution in [2.45, 2.75) is 61.8 Å². The van der Waals surface area contributed by atoms with Crippen molar-refractivity contribution in [3.63, 3.8) is 0 Å². The molecule has 1 N–H and O–H groups in total. The maximum absolute atomic E-state index is 9.98. The number of ether oxygens (including phenoxy) is 6. The molecule has 0 aliphatic carbocycles. The summed E-state index contributed by atoms with van der Waals surface area (Å²) in [6.07, 6.45) is -1.60. The molecule has 7 nitrogen and oxygen atoms in total. The van der Waals surface area contributed by atoms with Gasteiger partial charge in [0.15, 0.2) is 5.79 Å². The van der Waals surface area contributed by atoms with Crippen LogP contribution < -0.4 is 9.47 Å². The molecule has 8 heteroatoms. The third-order valence-electron chi connectivity index (χ3n) is 5.79. The zero-order chi connectivity index (χ0) is 23.4. The van der Waals surface area contributed by atoms with Crippen LogP contribution >= 0.6 is 11.8 Å². The summed E-state index contributed by atoms with van der Waals surface area (Å²) in [5.41, 5.74) is 1.83. The SMILES string of the molecule is COc1ccc(CO[C@H]2[C@H]3OC(C)(C)O[C@@H]3[C@@H](CO)O[C@H]2SCc2ccc(OC)cc2)cc1. The van der Waals surface area contributed by atoms with Crippen molar-refractivity contribution < 1.29 is 33.5 Å². The highest BCUT2D eigenvalue weighted by Gasteiger charge is 2.55. The molecule has 33 heavy (non-hydrogen) atoms. The standard InChI is InChI=1S/C25H32O7S/c1-25(2)31-21-20(13-26)30-24(33-15-17-7-11-19(28-4)12-8-17)23(22(21)32-25)29-14-16-5-9-18(27-3)10-6-16/h5-12,20-24,26H,13-15H2,1-4H3/t20-,21-,22+,23+,24+/m1/s1. The molecule has 2 saturated heterocycles. The molecule has 2 aliphatic heterocycles. The fraction of sp³-hybridized carbons (Fsp3) is 0.520. The third-order valence-corrected chi connectivity index (χ3v) is 6.99. The van der Waals surface area contributed by atoms with Crippen LogP contribution in [-0.2, 0) is 31.3 Å². The Bertz CT molecular complexity index is 887. The van der Waals surface area contributed by atoms with Crippen molar-refractivity contribution >= 4 is 11.8 Å². The van der Waals surface area contributed by atoms with Crippen molar-refractivity contribution in [2.75, 3.05) is 20.8 Å². The average molecular weight is 477 g/mol. The van der Waals surface area contributed by atoms with Crippen LogP contribution in [0.25, 0.3) is 0 Å². The van der Waals surface area contributed by atoms with E-state index in [0.29, 0.717) is 6.61 Å². The summed E-state index contributed by atoms with van der Waals surface area (Å²) in [6, 6.07) is 15.7. The van der Waals surface area contributed by atoms with E-state index in [4.69, 9.17) is 28.4 Å². The van der Waals surface area contributed by atoms with Crippen LogP contribution in [0.2, 0.25) is 0 Å². The van der Waals surface area contributed by atoms with Crippen molar-refractivity contribution in [1.29, 1.82) is 0 Å². The Morgan fingerprint density at radius 3 is 2.03 bits per heavy atom. The summed E-state index contributed by atoms with van der Waals surface area (Å²) >= 11 is 1.63.